The predicted octanol–water partition coefficient (Wildman–Crippen LogP) is 1.31. The molecule has 0 aromatic heterocycles. The average Bonchev–Trinajstić information content (AvgIpc) is 3.09. The number of benzene rings is 1. The zero-order valence-corrected chi connectivity index (χ0v) is 9.00. The van der Waals surface area contributed by atoms with Gasteiger partial charge >= 0.3 is 0 Å². The number of amides is 1. The summed E-state index contributed by atoms with van der Waals surface area (Å²) in [6.45, 7) is 1.39. The summed E-state index contributed by atoms with van der Waals surface area (Å²) in [7, 11) is 0. The Morgan fingerprint density at radius 3 is 2.56 bits per heavy atom. The maximum Gasteiger partial charge on any atom is 0.251 e. The molecule has 0 atom stereocenters. The van der Waals surface area contributed by atoms with E-state index in [0.29, 0.717) is 18.2 Å². The molecule has 0 aliphatic heterocycles. The van der Waals surface area contributed by atoms with Crippen molar-refractivity contribution in [1.82, 2.24) is 10.6 Å². The third-order valence-electron chi connectivity index (χ3n) is 2.53. The van der Waals surface area contributed by atoms with Crippen LogP contribution in [0.3, 0.4) is 0 Å². The van der Waals surface area contributed by atoms with Gasteiger partial charge in [-0.3, -0.25) is 4.79 Å². The molecular weight excluding hydrogens is 207 g/mol. The summed E-state index contributed by atoms with van der Waals surface area (Å²) in [5.74, 6) is -0.482. The summed E-state index contributed by atoms with van der Waals surface area (Å²) in [5.41, 5.74) is 0.493. The number of carbonyl (C=O) groups is 1. The summed E-state index contributed by atoms with van der Waals surface area (Å²) in [6.07, 6.45) is 2.48. The molecule has 1 fully saturated rings. The topological polar surface area (TPSA) is 41.1 Å². The number of rotatable bonds is 5. The largest absolute Gasteiger partial charge is 0.351 e. The fraction of sp³-hybridized carbons (Fsp3) is 0.417. The summed E-state index contributed by atoms with van der Waals surface area (Å²) >= 11 is 0. The Balaban J connectivity index is 1.71. The lowest BCUT2D eigenvalue weighted by atomic mass is 10.2. The van der Waals surface area contributed by atoms with E-state index in [-0.39, 0.29) is 11.7 Å². The van der Waals surface area contributed by atoms with Crippen LogP contribution in [0.5, 0.6) is 0 Å². The van der Waals surface area contributed by atoms with E-state index in [1.165, 1.54) is 37.1 Å². The van der Waals surface area contributed by atoms with Crippen molar-refractivity contribution >= 4 is 5.91 Å². The highest BCUT2D eigenvalue weighted by Crippen LogP contribution is 2.17. The minimum atomic E-state index is -0.327. The van der Waals surface area contributed by atoms with Crippen LogP contribution in [0.4, 0.5) is 4.39 Å². The second-order valence-electron chi connectivity index (χ2n) is 3.99. The smallest absolute Gasteiger partial charge is 0.251 e. The Labute approximate surface area is 94.0 Å². The molecule has 1 aromatic carbocycles. The van der Waals surface area contributed by atoms with Crippen LogP contribution in [-0.4, -0.2) is 25.0 Å². The molecule has 1 aliphatic rings. The van der Waals surface area contributed by atoms with Crippen LogP contribution >= 0.6 is 0 Å². The SMILES string of the molecule is O=C(NCCNC1CC1)c1ccc(F)cc1. The Morgan fingerprint density at radius 1 is 1.25 bits per heavy atom. The van der Waals surface area contributed by atoms with E-state index in [9.17, 15) is 9.18 Å². The van der Waals surface area contributed by atoms with E-state index in [0.717, 1.165) is 6.54 Å². The molecule has 4 heteroatoms. The van der Waals surface area contributed by atoms with Gasteiger partial charge in [0.05, 0.1) is 0 Å². The van der Waals surface area contributed by atoms with E-state index in [4.69, 9.17) is 0 Å². The normalized spacial score (nSPS) is 14.8. The molecule has 2 N–H and O–H groups in total. The molecule has 0 spiro atoms. The first-order valence-electron chi connectivity index (χ1n) is 5.53. The summed E-state index contributed by atoms with van der Waals surface area (Å²) in [5, 5.41) is 6.08. The van der Waals surface area contributed by atoms with Crippen LogP contribution < -0.4 is 10.6 Å². The molecule has 1 aromatic rings. The second-order valence-corrected chi connectivity index (χ2v) is 3.99. The average molecular weight is 222 g/mol. The monoisotopic (exact) mass is 222 g/mol. The standard InChI is InChI=1S/C12H15FN2O/c13-10-3-1-9(2-4-10)12(16)15-8-7-14-11-5-6-11/h1-4,11,14H,5-8H2,(H,15,16). The molecule has 1 saturated carbocycles. The van der Waals surface area contributed by atoms with Gasteiger partial charge in [0.1, 0.15) is 5.82 Å². The highest BCUT2D eigenvalue weighted by Gasteiger charge is 2.19. The van der Waals surface area contributed by atoms with Gasteiger partial charge in [-0.25, -0.2) is 4.39 Å². The quantitative estimate of drug-likeness (QED) is 0.737. The number of carbonyl (C=O) groups excluding carboxylic acids is 1. The van der Waals surface area contributed by atoms with Crippen molar-refractivity contribution in [3.8, 4) is 0 Å². The minimum Gasteiger partial charge on any atom is -0.351 e. The molecular formula is C12H15FN2O. The molecule has 2 rings (SSSR count). The Morgan fingerprint density at radius 2 is 1.94 bits per heavy atom. The molecule has 1 aliphatic carbocycles. The van der Waals surface area contributed by atoms with E-state index in [2.05, 4.69) is 10.6 Å². The Bertz CT molecular complexity index is 360. The minimum absolute atomic E-state index is 0.155. The van der Waals surface area contributed by atoms with Crippen LogP contribution in [0, 0.1) is 5.82 Å². The summed E-state index contributed by atoms with van der Waals surface area (Å²) in [6, 6.07) is 6.20. The van der Waals surface area contributed by atoms with Crippen molar-refractivity contribution in [3.05, 3.63) is 35.6 Å². The van der Waals surface area contributed by atoms with Crippen molar-refractivity contribution in [3.63, 3.8) is 0 Å². The fourth-order valence-electron chi connectivity index (χ4n) is 1.44. The number of hydrogen-bond donors (Lipinski definition) is 2. The Hall–Kier alpha value is -1.42. The van der Waals surface area contributed by atoms with Crippen molar-refractivity contribution in [2.75, 3.05) is 13.1 Å². The summed E-state index contributed by atoms with van der Waals surface area (Å²) in [4.78, 5) is 11.6. The molecule has 0 radical (unpaired) electrons. The number of nitrogens with one attached hydrogen (secondary N) is 2. The van der Waals surface area contributed by atoms with E-state index < -0.39 is 0 Å². The third kappa shape index (κ3) is 3.31. The molecule has 16 heavy (non-hydrogen) atoms. The molecule has 86 valence electrons. The molecule has 0 bridgehead atoms. The van der Waals surface area contributed by atoms with Crippen LogP contribution in [0.1, 0.15) is 23.2 Å². The second kappa shape index (κ2) is 5.07. The van der Waals surface area contributed by atoms with Gasteiger partial charge in [0, 0.05) is 24.7 Å². The van der Waals surface area contributed by atoms with Crippen molar-refractivity contribution in [1.29, 1.82) is 0 Å². The van der Waals surface area contributed by atoms with E-state index in [1.54, 1.807) is 0 Å². The zero-order valence-electron chi connectivity index (χ0n) is 9.00. The number of halogens is 1. The lowest BCUT2D eigenvalue weighted by Gasteiger charge is -2.05. The van der Waals surface area contributed by atoms with Gasteiger partial charge in [0.2, 0.25) is 0 Å². The molecule has 3 nitrogen and oxygen atoms in total. The molecule has 0 heterocycles. The lowest BCUT2D eigenvalue weighted by molar-refractivity contribution is 0.0954. The van der Waals surface area contributed by atoms with Crippen LogP contribution in [0.25, 0.3) is 0 Å². The van der Waals surface area contributed by atoms with Gasteiger partial charge in [0.25, 0.3) is 5.91 Å². The van der Waals surface area contributed by atoms with E-state index >= 15 is 0 Å². The highest BCUT2D eigenvalue weighted by molar-refractivity contribution is 5.94. The van der Waals surface area contributed by atoms with Crippen molar-refractivity contribution in [2.24, 2.45) is 0 Å². The van der Waals surface area contributed by atoms with Crippen LogP contribution in [-0.2, 0) is 0 Å². The van der Waals surface area contributed by atoms with E-state index in [1.807, 2.05) is 0 Å². The van der Waals surface area contributed by atoms with Gasteiger partial charge in [-0.1, -0.05) is 0 Å². The first kappa shape index (κ1) is 11.1. The van der Waals surface area contributed by atoms with Gasteiger partial charge in [0.15, 0.2) is 0 Å². The van der Waals surface area contributed by atoms with Crippen molar-refractivity contribution in [2.45, 2.75) is 18.9 Å². The lowest BCUT2D eigenvalue weighted by Crippen LogP contribution is -2.32. The first-order valence-corrected chi connectivity index (χ1v) is 5.53. The van der Waals surface area contributed by atoms with Crippen LogP contribution in [0.2, 0.25) is 0 Å². The van der Waals surface area contributed by atoms with Gasteiger partial charge in [-0.15, -0.1) is 0 Å². The highest BCUT2D eigenvalue weighted by atomic mass is 19.1. The van der Waals surface area contributed by atoms with Crippen LogP contribution in [0.15, 0.2) is 24.3 Å². The fourth-order valence-corrected chi connectivity index (χ4v) is 1.44. The maximum atomic E-state index is 12.6. The number of hydrogen-bond acceptors (Lipinski definition) is 2. The first-order chi connectivity index (χ1) is 7.75. The summed E-state index contributed by atoms with van der Waals surface area (Å²) < 4.78 is 12.6. The maximum absolute atomic E-state index is 12.6. The van der Waals surface area contributed by atoms with Crippen molar-refractivity contribution < 1.29 is 9.18 Å². The van der Waals surface area contributed by atoms with Gasteiger partial charge in [-0.2, -0.15) is 0 Å². The van der Waals surface area contributed by atoms with Gasteiger partial charge in [-0.05, 0) is 37.1 Å². The Kier molecular flexibility index (Phi) is 3.51. The molecule has 0 unspecified atom stereocenters. The zero-order chi connectivity index (χ0) is 11.4. The van der Waals surface area contributed by atoms with Gasteiger partial charge < -0.3 is 10.6 Å². The molecule has 0 saturated heterocycles. The third-order valence-corrected chi connectivity index (χ3v) is 2.53. The molecule has 1 amide bonds. The predicted molar refractivity (Wildman–Crippen MR) is 59.8 cm³/mol.